The first-order valence-corrected chi connectivity index (χ1v) is 7.32. The van der Waals surface area contributed by atoms with Crippen LogP contribution in [0.25, 0.3) is 0 Å². The van der Waals surface area contributed by atoms with Gasteiger partial charge in [0, 0.05) is 19.2 Å². The van der Waals surface area contributed by atoms with Crippen molar-refractivity contribution in [2.24, 2.45) is 5.41 Å². The molecule has 4 nitrogen and oxygen atoms in total. The van der Waals surface area contributed by atoms with E-state index in [0.717, 1.165) is 25.7 Å². The lowest BCUT2D eigenvalue weighted by molar-refractivity contribution is -0.144. The molecule has 1 aromatic heterocycles. The van der Waals surface area contributed by atoms with Crippen LogP contribution in [-0.4, -0.2) is 23.1 Å². The Labute approximate surface area is 122 Å². The molecule has 1 aromatic rings. The van der Waals surface area contributed by atoms with E-state index in [1.165, 1.54) is 6.07 Å². The molecule has 118 valence electrons. The van der Waals surface area contributed by atoms with Gasteiger partial charge in [-0.3, -0.25) is 0 Å². The molecule has 1 aliphatic carbocycles. The van der Waals surface area contributed by atoms with Gasteiger partial charge in [-0.25, -0.2) is 9.97 Å². The maximum absolute atomic E-state index is 12.8. The number of nitrogens with zero attached hydrogens (tertiary/aromatic N) is 2. The highest BCUT2D eigenvalue weighted by molar-refractivity contribution is 5.48. The van der Waals surface area contributed by atoms with Gasteiger partial charge in [-0.2, -0.15) is 13.2 Å². The summed E-state index contributed by atoms with van der Waals surface area (Å²) < 4.78 is 38.4. The minimum absolute atomic E-state index is 0.197. The summed E-state index contributed by atoms with van der Waals surface area (Å²) in [5, 5.41) is 5.86. The zero-order valence-corrected chi connectivity index (χ0v) is 12.3. The molecule has 2 rings (SSSR count). The molecule has 0 aromatic carbocycles. The number of aromatic nitrogens is 2. The van der Waals surface area contributed by atoms with Crippen LogP contribution in [0.4, 0.5) is 24.8 Å². The first-order valence-electron chi connectivity index (χ1n) is 7.32. The number of hydrogen-bond acceptors (Lipinski definition) is 4. The maximum Gasteiger partial charge on any atom is 0.451 e. The second-order valence-electron chi connectivity index (χ2n) is 5.59. The van der Waals surface area contributed by atoms with Crippen LogP contribution in [0.2, 0.25) is 0 Å². The molecule has 0 unspecified atom stereocenters. The normalized spacial score (nSPS) is 16.6. The Morgan fingerprint density at radius 2 is 1.76 bits per heavy atom. The predicted molar refractivity (Wildman–Crippen MR) is 76.3 cm³/mol. The van der Waals surface area contributed by atoms with Gasteiger partial charge in [0.05, 0.1) is 0 Å². The molecule has 2 N–H and O–H groups in total. The molecule has 0 saturated heterocycles. The Morgan fingerprint density at radius 3 is 2.24 bits per heavy atom. The minimum atomic E-state index is -4.54. The number of rotatable bonds is 7. The van der Waals surface area contributed by atoms with Crippen molar-refractivity contribution in [1.29, 1.82) is 0 Å². The lowest BCUT2D eigenvalue weighted by atomic mass is 10.0. The molecule has 21 heavy (non-hydrogen) atoms. The van der Waals surface area contributed by atoms with Crippen molar-refractivity contribution in [3.63, 3.8) is 0 Å². The van der Waals surface area contributed by atoms with Gasteiger partial charge in [0.1, 0.15) is 11.6 Å². The van der Waals surface area contributed by atoms with Crippen LogP contribution in [0.5, 0.6) is 0 Å². The van der Waals surface area contributed by atoms with Gasteiger partial charge in [0.25, 0.3) is 0 Å². The second kappa shape index (κ2) is 6.07. The first-order chi connectivity index (χ1) is 9.88. The number of anilines is 2. The lowest BCUT2D eigenvalue weighted by Crippen LogP contribution is -2.19. The van der Waals surface area contributed by atoms with Crippen LogP contribution >= 0.6 is 0 Å². The zero-order chi connectivity index (χ0) is 15.5. The second-order valence-corrected chi connectivity index (χ2v) is 5.59. The topological polar surface area (TPSA) is 49.8 Å². The quantitative estimate of drug-likeness (QED) is 0.801. The van der Waals surface area contributed by atoms with Crippen molar-refractivity contribution >= 4 is 11.6 Å². The number of hydrogen-bond donors (Lipinski definition) is 2. The smallest absolute Gasteiger partial charge is 0.370 e. The number of alkyl halides is 3. The summed E-state index contributed by atoms with van der Waals surface area (Å²) in [5.74, 6) is -0.679. The summed E-state index contributed by atoms with van der Waals surface area (Å²) in [7, 11) is 0. The van der Waals surface area contributed by atoms with E-state index in [0.29, 0.717) is 13.1 Å². The van der Waals surface area contributed by atoms with E-state index < -0.39 is 12.0 Å². The minimum Gasteiger partial charge on any atom is -0.370 e. The molecule has 0 atom stereocenters. The molecule has 0 spiro atoms. The summed E-state index contributed by atoms with van der Waals surface area (Å²) in [6, 6.07) is 1.53. The summed E-state index contributed by atoms with van der Waals surface area (Å²) >= 11 is 0. The molecule has 0 radical (unpaired) electrons. The highest BCUT2D eigenvalue weighted by Crippen LogP contribution is 2.49. The van der Waals surface area contributed by atoms with Gasteiger partial charge in [-0.05, 0) is 31.6 Å². The lowest BCUT2D eigenvalue weighted by Gasteiger charge is -2.17. The molecule has 0 bridgehead atoms. The van der Waals surface area contributed by atoms with Crippen LogP contribution in [0.1, 0.15) is 45.4 Å². The van der Waals surface area contributed by atoms with Crippen molar-refractivity contribution in [3.05, 3.63) is 11.9 Å². The van der Waals surface area contributed by atoms with Crippen molar-refractivity contribution in [2.75, 3.05) is 23.7 Å². The van der Waals surface area contributed by atoms with Crippen molar-refractivity contribution in [3.8, 4) is 0 Å². The van der Waals surface area contributed by atoms with Crippen LogP contribution in [0.3, 0.4) is 0 Å². The maximum atomic E-state index is 12.8. The summed E-state index contributed by atoms with van der Waals surface area (Å²) in [6.07, 6.45) is -0.0992. The number of halogens is 3. The van der Waals surface area contributed by atoms with Crippen molar-refractivity contribution in [1.82, 2.24) is 9.97 Å². The summed E-state index contributed by atoms with van der Waals surface area (Å²) in [4.78, 5) is 7.09. The average Bonchev–Trinajstić information content (AvgIpc) is 3.16. The standard InChI is InChI=1S/C14H21F3N4/c1-3-5-13(6-7-13)9-19-11-8-10(18-4-2)20-12(21-11)14(15,16)17/h8H,3-7,9H2,1-2H3,(H2,18,19,20,21). The molecule has 0 amide bonds. The van der Waals surface area contributed by atoms with E-state index in [4.69, 9.17) is 0 Å². The van der Waals surface area contributed by atoms with Crippen LogP contribution in [0.15, 0.2) is 6.07 Å². The number of nitrogens with one attached hydrogen (secondary N) is 2. The van der Waals surface area contributed by atoms with Gasteiger partial charge >= 0.3 is 6.18 Å². The zero-order valence-electron chi connectivity index (χ0n) is 12.3. The Morgan fingerprint density at radius 1 is 1.14 bits per heavy atom. The highest BCUT2D eigenvalue weighted by Gasteiger charge is 2.41. The summed E-state index contributed by atoms with van der Waals surface area (Å²) in [6.45, 7) is 5.10. The van der Waals surface area contributed by atoms with Gasteiger partial charge in [-0.15, -0.1) is 0 Å². The third-order valence-electron chi connectivity index (χ3n) is 3.72. The molecule has 1 fully saturated rings. The Bertz CT molecular complexity index is 484. The van der Waals surface area contributed by atoms with Crippen molar-refractivity contribution < 1.29 is 13.2 Å². The van der Waals surface area contributed by atoms with E-state index in [9.17, 15) is 13.2 Å². The molecular weight excluding hydrogens is 281 g/mol. The molecular formula is C14H21F3N4. The van der Waals surface area contributed by atoms with Crippen LogP contribution in [-0.2, 0) is 6.18 Å². The first kappa shape index (κ1) is 15.9. The predicted octanol–water partition coefficient (Wildman–Crippen LogP) is 3.92. The fraction of sp³-hybridized carbons (Fsp3) is 0.714. The molecule has 7 heteroatoms. The Kier molecular flexibility index (Phi) is 4.58. The van der Waals surface area contributed by atoms with E-state index in [1.807, 2.05) is 6.92 Å². The molecule has 1 heterocycles. The Balaban J connectivity index is 2.12. The SMILES string of the molecule is CCCC1(CNc2cc(NCC)nc(C(F)(F)F)n2)CC1. The average molecular weight is 302 g/mol. The van der Waals surface area contributed by atoms with Crippen molar-refractivity contribution in [2.45, 2.75) is 45.7 Å². The largest absolute Gasteiger partial charge is 0.451 e. The molecule has 1 saturated carbocycles. The van der Waals surface area contributed by atoms with Gasteiger partial charge in [0.15, 0.2) is 0 Å². The van der Waals surface area contributed by atoms with E-state index >= 15 is 0 Å². The monoisotopic (exact) mass is 302 g/mol. The third kappa shape index (κ3) is 4.22. The van der Waals surface area contributed by atoms with E-state index in [2.05, 4.69) is 27.5 Å². The highest BCUT2D eigenvalue weighted by atomic mass is 19.4. The fourth-order valence-electron chi connectivity index (χ4n) is 2.44. The van der Waals surface area contributed by atoms with Crippen LogP contribution < -0.4 is 10.6 Å². The van der Waals surface area contributed by atoms with E-state index in [1.54, 1.807) is 0 Å². The van der Waals surface area contributed by atoms with Crippen LogP contribution in [0, 0.1) is 5.41 Å². The molecule has 0 aliphatic heterocycles. The third-order valence-corrected chi connectivity index (χ3v) is 3.72. The van der Waals surface area contributed by atoms with E-state index in [-0.39, 0.29) is 17.1 Å². The summed E-state index contributed by atoms with van der Waals surface area (Å²) in [5.41, 5.74) is 0.246. The fourth-order valence-corrected chi connectivity index (χ4v) is 2.44. The van der Waals surface area contributed by atoms with Gasteiger partial charge in [0.2, 0.25) is 5.82 Å². The van der Waals surface area contributed by atoms with Gasteiger partial charge < -0.3 is 10.6 Å². The Hall–Kier alpha value is -1.53. The van der Waals surface area contributed by atoms with Gasteiger partial charge in [-0.1, -0.05) is 13.3 Å². The molecule has 1 aliphatic rings.